The predicted molar refractivity (Wildman–Crippen MR) is 70.1 cm³/mol. The van der Waals surface area contributed by atoms with Crippen LogP contribution in [0.5, 0.6) is 0 Å². The van der Waals surface area contributed by atoms with Crippen LogP contribution in [0, 0.1) is 21.8 Å². The molecule has 0 aromatic heterocycles. The molecular formula is C12H14ClFN2O3. The van der Waals surface area contributed by atoms with Crippen LogP contribution in [0.4, 0.5) is 15.8 Å². The van der Waals surface area contributed by atoms with Gasteiger partial charge in [-0.25, -0.2) is 4.39 Å². The van der Waals surface area contributed by atoms with Crippen LogP contribution in [0.15, 0.2) is 12.1 Å². The van der Waals surface area contributed by atoms with E-state index in [1.807, 2.05) is 0 Å². The van der Waals surface area contributed by atoms with E-state index in [1.165, 1.54) is 6.07 Å². The number of nitrogens with one attached hydrogen (secondary N) is 1. The Morgan fingerprint density at radius 3 is 3.00 bits per heavy atom. The van der Waals surface area contributed by atoms with Gasteiger partial charge < -0.3 is 10.1 Å². The number of hydrogen-bond donors (Lipinski definition) is 1. The van der Waals surface area contributed by atoms with Crippen LogP contribution in [-0.4, -0.2) is 24.7 Å². The normalized spacial score (nSPS) is 18.5. The van der Waals surface area contributed by atoms with Gasteiger partial charge in [-0.05, 0) is 24.8 Å². The Morgan fingerprint density at radius 2 is 2.37 bits per heavy atom. The van der Waals surface area contributed by atoms with Crippen LogP contribution >= 0.6 is 11.6 Å². The molecule has 1 atom stereocenters. The first-order valence-corrected chi connectivity index (χ1v) is 6.41. The third-order valence-corrected chi connectivity index (χ3v) is 3.42. The van der Waals surface area contributed by atoms with Gasteiger partial charge in [0.1, 0.15) is 11.5 Å². The minimum atomic E-state index is -0.789. The number of nitro groups is 1. The molecule has 0 aliphatic carbocycles. The number of nitro benzene ring substituents is 1. The van der Waals surface area contributed by atoms with E-state index in [9.17, 15) is 14.5 Å². The monoisotopic (exact) mass is 288 g/mol. The standard InChI is InChI=1S/C12H14ClFN2O3/c13-9-5-11(12(16(17)18)6-10(9)14)15-3-1-8-2-4-19-7-8/h5-6,8,15H,1-4,7H2. The molecule has 2 rings (SSSR count). The van der Waals surface area contributed by atoms with Crippen LogP contribution in [0.25, 0.3) is 0 Å². The van der Waals surface area contributed by atoms with Crippen molar-refractivity contribution in [3.8, 4) is 0 Å². The minimum absolute atomic E-state index is 0.128. The molecule has 0 amide bonds. The summed E-state index contributed by atoms with van der Waals surface area (Å²) in [6.07, 6.45) is 1.86. The fraction of sp³-hybridized carbons (Fsp3) is 0.500. The number of rotatable bonds is 5. The van der Waals surface area contributed by atoms with Crippen molar-refractivity contribution in [1.29, 1.82) is 0 Å². The number of hydrogen-bond acceptors (Lipinski definition) is 4. The van der Waals surface area contributed by atoms with E-state index in [0.29, 0.717) is 12.5 Å². The molecule has 1 aromatic rings. The summed E-state index contributed by atoms with van der Waals surface area (Å²) in [5.74, 6) is -0.314. The van der Waals surface area contributed by atoms with Crippen molar-refractivity contribution >= 4 is 23.0 Å². The van der Waals surface area contributed by atoms with E-state index < -0.39 is 10.7 Å². The van der Waals surface area contributed by atoms with Crippen LogP contribution in [0.3, 0.4) is 0 Å². The van der Waals surface area contributed by atoms with Gasteiger partial charge in [-0.3, -0.25) is 10.1 Å². The Balaban J connectivity index is 2.01. The van der Waals surface area contributed by atoms with Crippen LogP contribution in [-0.2, 0) is 4.74 Å². The minimum Gasteiger partial charge on any atom is -0.381 e. The lowest BCUT2D eigenvalue weighted by Gasteiger charge is -2.10. The smallest absolute Gasteiger partial charge is 0.295 e. The average Bonchev–Trinajstić information content (AvgIpc) is 2.86. The Hall–Kier alpha value is -1.40. The third-order valence-electron chi connectivity index (χ3n) is 3.13. The van der Waals surface area contributed by atoms with Crippen molar-refractivity contribution in [3.05, 3.63) is 33.1 Å². The molecule has 7 heteroatoms. The summed E-state index contributed by atoms with van der Waals surface area (Å²) >= 11 is 5.64. The molecule has 1 heterocycles. The lowest BCUT2D eigenvalue weighted by Crippen LogP contribution is -2.10. The molecule has 1 saturated heterocycles. The first kappa shape index (κ1) is 14.0. The van der Waals surface area contributed by atoms with E-state index in [-0.39, 0.29) is 16.4 Å². The summed E-state index contributed by atoms with van der Waals surface area (Å²) in [7, 11) is 0. The highest BCUT2D eigenvalue weighted by Crippen LogP contribution is 2.30. The molecule has 5 nitrogen and oxygen atoms in total. The highest BCUT2D eigenvalue weighted by Gasteiger charge is 2.19. The predicted octanol–water partition coefficient (Wildman–Crippen LogP) is 3.23. The van der Waals surface area contributed by atoms with Crippen molar-refractivity contribution < 1.29 is 14.1 Å². The fourth-order valence-electron chi connectivity index (χ4n) is 2.05. The van der Waals surface area contributed by atoms with E-state index in [4.69, 9.17) is 16.3 Å². The SMILES string of the molecule is O=[N+]([O-])c1cc(F)c(Cl)cc1NCCC1CCOC1. The van der Waals surface area contributed by atoms with Crippen LogP contribution in [0.2, 0.25) is 5.02 Å². The molecule has 0 saturated carbocycles. The van der Waals surface area contributed by atoms with Crippen LogP contribution in [0.1, 0.15) is 12.8 Å². The summed E-state index contributed by atoms with van der Waals surface area (Å²) in [6, 6.07) is 2.09. The molecule has 1 unspecified atom stereocenters. The second-order valence-electron chi connectivity index (χ2n) is 4.49. The fourth-order valence-corrected chi connectivity index (χ4v) is 2.21. The lowest BCUT2D eigenvalue weighted by atomic mass is 10.1. The molecule has 0 radical (unpaired) electrons. The molecule has 1 aromatic carbocycles. The summed E-state index contributed by atoms with van der Waals surface area (Å²) in [5.41, 5.74) is -0.0557. The maximum Gasteiger partial charge on any atom is 0.295 e. The summed E-state index contributed by atoms with van der Waals surface area (Å²) in [6.45, 7) is 2.07. The van der Waals surface area contributed by atoms with E-state index in [0.717, 1.165) is 32.1 Å². The van der Waals surface area contributed by atoms with Crippen molar-refractivity contribution in [3.63, 3.8) is 0 Å². The Bertz CT molecular complexity index is 478. The maximum atomic E-state index is 13.2. The van der Waals surface area contributed by atoms with Crippen molar-refractivity contribution in [1.82, 2.24) is 0 Å². The van der Waals surface area contributed by atoms with Gasteiger partial charge in [-0.2, -0.15) is 0 Å². The zero-order valence-electron chi connectivity index (χ0n) is 10.2. The Labute approximate surface area is 114 Å². The van der Waals surface area contributed by atoms with Gasteiger partial charge in [0.2, 0.25) is 0 Å². The van der Waals surface area contributed by atoms with Crippen molar-refractivity contribution in [2.24, 2.45) is 5.92 Å². The number of ether oxygens (including phenoxy) is 1. The number of halogens is 2. The van der Waals surface area contributed by atoms with Gasteiger partial charge >= 0.3 is 0 Å². The first-order valence-electron chi connectivity index (χ1n) is 6.03. The molecule has 104 valence electrons. The maximum absolute atomic E-state index is 13.2. The summed E-state index contributed by atoms with van der Waals surface area (Å²) in [4.78, 5) is 10.2. The molecule has 1 aliphatic rings. The molecule has 1 N–H and O–H groups in total. The highest BCUT2D eigenvalue weighted by atomic mass is 35.5. The van der Waals surface area contributed by atoms with E-state index >= 15 is 0 Å². The highest BCUT2D eigenvalue weighted by molar-refractivity contribution is 6.31. The third kappa shape index (κ3) is 3.54. The van der Waals surface area contributed by atoms with Gasteiger partial charge in [0.15, 0.2) is 0 Å². The first-order chi connectivity index (χ1) is 9.08. The van der Waals surface area contributed by atoms with Crippen molar-refractivity contribution in [2.45, 2.75) is 12.8 Å². The summed E-state index contributed by atoms with van der Waals surface area (Å²) < 4.78 is 18.5. The Kier molecular flexibility index (Phi) is 4.55. The van der Waals surface area contributed by atoms with Gasteiger partial charge in [-0.15, -0.1) is 0 Å². The van der Waals surface area contributed by atoms with Gasteiger partial charge in [0.25, 0.3) is 5.69 Å². The quantitative estimate of drug-likeness (QED) is 0.667. The number of nitrogens with zero attached hydrogens (tertiary/aromatic N) is 1. The largest absolute Gasteiger partial charge is 0.381 e. The molecule has 0 bridgehead atoms. The number of benzene rings is 1. The van der Waals surface area contributed by atoms with E-state index in [2.05, 4.69) is 5.32 Å². The molecule has 1 fully saturated rings. The second kappa shape index (κ2) is 6.16. The lowest BCUT2D eigenvalue weighted by molar-refractivity contribution is -0.384. The zero-order chi connectivity index (χ0) is 13.8. The Morgan fingerprint density at radius 1 is 1.58 bits per heavy atom. The summed E-state index contributed by atoms with van der Waals surface area (Å²) in [5, 5.41) is 13.7. The topological polar surface area (TPSA) is 64.4 Å². The van der Waals surface area contributed by atoms with E-state index in [1.54, 1.807) is 0 Å². The molecule has 0 spiro atoms. The van der Waals surface area contributed by atoms with Gasteiger partial charge in [0.05, 0.1) is 16.0 Å². The second-order valence-corrected chi connectivity index (χ2v) is 4.89. The van der Waals surface area contributed by atoms with Gasteiger partial charge in [0, 0.05) is 19.8 Å². The molecule has 19 heavy (non-hydrogen) atoms. The van der Waals surface area contributed by atoms with Crippen molar-refractivity contribution in [2.75, 3.05) is 25.1 Å². The van der Waals surface area contributed by atoms with Gasteiger partial charge in [-0.1, -0.05) is 11.6 Å². The average molecular weight is 289 g/mol. The molecular weight excluding hydrogens is 275 g/mol. The zero-order valence-corrected chi connectivity index (χ0v) is 11.0. The number of anilines is 1. The molecule has 1 aliphatic heterocycles. The van der Waals surface area contributed by atoms with Crippen LogP contribution < -0.4 is 5.32 Å².